The number of hydrogen-bond donors (Lipinski definition) is 0. The number of fused-ring (bicyclic) bond motifs is 1. The van der Waals surface area contributed by atoms with E-state index in [1.165, 1.54) is 5.56 Å². The van der Waals surface area contributed by atoms with E-state index in [4.69, 9.17) is 4.74 Å². The average molecular weight is 399 g/mol. The molecule has 4 atom stereocenters. The largest absolute Gasteiger partial charge is 0.360 e. The van der Waals surface area contributed by atoms with Crippen LogP contribution in [0.4, 0.5) is 5.69 Å². The number of carbonyl (C=O) groups excluding carboxylic acids is 2. The van der Waals surface area contributed by atoms with Crippen molar-refractivity contribution in [3.8, 4) is 0 Å². The Morgan fingerprint density at radius 3 is 2.61 bits per heavy atom. The van der Waals surface area contributed by atoms with Crippen LogP contribution in [0.1, 0.15) is 25.3 Å². The van der Waals surface area contributed by atoms with Crippen molar-refractivity contribution in [2.75, 3.05) is 36.0 Å². The molecule has 1 aromatic rings. The topological polar surface area (TPSA) is 49.9 Å². The zero-order valence-electron chi connectivity index (χ0n) is 16.3. The summed E-state index contributed by atoms with van der Waals surface area (Å²) < 4.78 is 6.27. The minimum Gasteiger partial charge on any atom is -0.360 e. The predicted molar refractivity (Wildman–Crippen MR) is 111 cm³/mol. The zero-order valence-corrected chi connectivity index (χ0v) is 17.2. The summed E-state index contributed by atoms with van der Waals surface area (Å²) in [6.45, 7) is 6.34. The fraction of sp³-hybridized carbons (Fsp3) is 0.545. The van der Waals surface area contributed by atoms with Crippen LogP contribution in [-0.4, -0.2) is 59.6 Å². The number of hydrogen-bond acceptors (Lipinski definition) is 4. The van der Waals surface area contributed by atoms with Gasteiger partial charge < -0.3 is 14.5 Å². The number of rotatable bonds is 3. The van der Waals surface area contributed by atoms with Gasteiger partial charge in [0.2, 0.25) is 11.8 Å². The minimum absolute atomic E-state index is 0.0221. The fourth-order valence-corrected chi connectivity index (χ4v) is 5.94. The molecule has 4 aliphatic heterocycles. The molecule has 2 bridgehead atoms. The van der Waals surface area contributed by atoms with Crippen LogP contribution in [0.3, 0.4) is 0 Å². The molecule has 4 aliphatic rings. The Balaban J connectivity index is 1.43. The summed E-state index contributed by atoms with van der Waals surface area (Å²) in [7, 11) is 0. The Morgan fingerprint density at radius 2 is 1.93 bits per heavy atom. The molecule has 0 aliphatic carbocycles. The lowest BCUT2D eigenvalue weighted by Crippen LogP contribution is -2.48. The van der Waals surface area contributed by atoms with Crippen LogP contribution in [0.2, 0.25) is 0 Å². The second kappa shape index (κ2) is 6.63. The molecule has 0 aromatic heterocycles. The number of ether oxygens (including phenoxy) is 1. The molecule has 1 spiro atoms. The maximum Gasteiger partial charge on any atom is 0.234 e. The molecule has 3 fully saturated rings. The second-order valence-electron chi connectivity index (χ2n) is 8.51. The van der Waals surface area contributed by atoms with E-state index < -0.39 is 11.5 Å². The van der Waals surface area contributed by atoms with E-state index in [2.05, 4.69) is 26.0 Å². The molecule has 3 saturated heterocycles. The van der Waals surface area contributed by atoms with Crippen molar-refractivity contribution in [2.45, 2.75) is 31.5 Å². The van der Waals surface area contributed by atoms with Crippen molar-refractivity contribution in [3.63, 3.8) is 0 Å². The van der Waals surface area contributed by atoms with Gasteiger partial charge in [0.1, 0.15) is 5.60 Å². The van der Waals surface area contributed by atoms with Crippen LogP contribution < -0.4 is 4.90 Å². The number of anilines is 1. The van der Waals surface area contributed by atoms with Crippen molar-refractivity contribution >= 4 is 29.3 Å². The van der Waals surface area contributed by atoms with Crippen LogP contribution in [0.25, 0.3) is 0 Å². The Morgan fingerprint density at radius 1 is 1.21 bits per heavy atom. The quantitative estimate of drug-likeness (QED) is 0.735. The number of carbonyl (C=O) groups is 2. The maximum absolute atomic E-state index is 13.4. The van der Waals surface area contributed by atoms with Gasteiger partial charge in [-0.2, -0.15) is 11.8 Å². The third-order valence-electron chi connectivity index (χ3n) is 6.58. The molecule has 1 aromatic carbocycles. The van der Waals surface area contributed by atoms with Crippen molar-refractivity contribution in [1.29, 1.82) is 0 Å². The van der Waals surface area contributed by atoms with Gasteiger partial charge in [-0.3, -0.25) is 9.59 Å². The van der Waals surface area contributed by atoms with Gasteiger partial charge in [-0.25, -0.2) is 0 Å². The van der Waals surface area contributed by atoms with E-state index in [9.17, 15) is 9.59 Å². The van der Waals surface area contributed by atoms with E-state index in [-0.39, 0.29) is 23.8 Å². The first-order valence-electron chi connectivity index (χ1n) is 10.2. The highest BCUT2D eigenvalue weighted by Gasteiger charge is 2.67. The van der Waals surface area contributed by atoms with E-state index in [1.807, 2.05) is 45.8 Å². The molecular formula is C22H26N2O3S. The van der Waals surface area contributed by atoms with Gasteiger partial charge in [-0.05, 0) is 23.6 Å². The van der Waals surface area contributed by atoms with E-state index in [0.29, 0.717) is 12.5 Å². The maximum atomic E-state index is 13.4. The molecule has 2 amide bonds. The first-order valence-corrected chi connectivity index (χ1v) is 11.3. The van der Waals surface area contributed by atoms with Crippen molar-refractivity contribution in [2.24, 2.45) is 11.8 Å². The molecule has 4 heterocycles. The highest BCUT2D eigenvalue weighted by atomic mass is 32.2. The summed E-state index contributed by atoms with van der Waals surface area (Å²) in [6, 6.07) is 8.20. The summed E-state index contributed by atoms with van der Waals surface area (Å²) in [5, 5.41) is 0. The minimum atomic E-state index is -0.649. The highest BCUT2D eigenvalue weighted by molar-refractivity contribution is 7.99. The summed E-state index contributed by atoms with van der Waals surface area (Å²) >= 11 is 1.88. The number of benzene rings is 1. The molecule has 6 heteroatoms. The lowest BCUT2D eigenvalue weighted by molar-refractivity contribution is -0.140. The first kappa shape index (κ1) is 18.3. The van der Waals surface area contributed by atoms with Crippen molar-refractivity contribution in [3.05, 3.63) is 42.0 Å². The molecule has 0 radical (unpaired) electrons. The van der Waals surface area contributed by atoms with Crippen LogP contribution in [0, 0.1) is 11.8 Å². The molecule has 5 rings (SSSR count). The standard InChI is InChI=1S/C22H26N2O3S/c1-14(2)15-3-5-16(6-4-15)24-13-22-8-7-17(27-22)18(19(22)21(24)26)20(25)23-9-11-28-12-10-23/h3-8,14,17-19H,9-13H2,1-2H3/t17-,18-,19-,22-/m0/s1. The molecule has 148 valence electrons. The van der Waals surface area contributed by atoms with Crippen molar-refractivity contribution < 1.29 is 14.3 Å². The molecule has 0 saturated carbocycles. The zero-order chi connectivity index (χ0) is 19.5. The first-order chi connectivity index (χ1) is 13.5. The number of thioether (sulfide) groups is 1. The molecule has 0 unspecified atom stereocenters. The smallest absolute Gasteiger partial charge is 0.234 e. The Kier molecular flexibility index (Phi) is 4.32. The van der Waals surface area contributed by atoms with Gasteiger partial charge >= 0.3 is 0 Å². The molecule has 5 nitrogen and oxygen atoms in total. The number of nitrogens with zero attached hydrogens (tertiary/aromatic N) is 2. The second-order valence-corrected chi connectivity index (χ2v) is 9.73. The van der Waals surface area contributed by atoms with Gasteiger partial charge in [-0.15, -0.1) is 0 Å². The monoisotopic (exact) mass is 398 g/mol. The molecule has 28 heavy (non-hydrogen) atoms. The van der Waals surface area contributed by atoms with Crippen LogP contribution in [0.15, 0.2) is 36.4 Å². The van der Waals surface area contributed by atoms with Gasteiger partial charge in [0.05, 0.1) is 24.5 Å². The normalized spacial score (nSPS) is 33.8. The van der Waals surface area contributed by atoms with Crippen molar-refractivity contribution in [1.82, 2.24) is 4.90 Å². The van der Waals surface area contributed by atoms with E-state index in [1.54, 1.807) is 0 Å². The fourth-order valence-electron chi connectivity index (χ4n) is 5.03. The van der Waals surface area contributed by atoms with Gasteiger partial charge in [-0.1, -0.05) is 38.1 Å². The summed E-state index contributed by atoms with van der Waals surface area (Å²) in [6.07, 6.45) is 3.76. The Hall–Kier alpha value is -1.79. The highest BCUT2D eigenvalue weighted by Crippen LogP contribution is 2.53. The lowest BCUT2D eigenvalue weighted by atomic mass is 9.76. The average Bonchev–Trinajstić information content (AvgIpc) is 3.36. The Labute approximate surface area is 170 Å². The van der Waals surface area contributed by atoms with Gasteiger partial charge in [0.25, 0.3) is 0 Å². The van der Waals surface area contributed by atoms with Crippen LogP contribution in [-0.2, 0) is 14.3 Å². The summed E-state index contributed by atoms with van der Waals surface area (Å²) in [4.78, 5) is 30.4. The summed E-state index contributed by atoms with van der Waals surface area (Å²) in [5.41, 5.74) is 1.49. The van der Waals surface area contributed by atoms with Crippen LogP contribution in [0.5, 0.6) is 0 Å². The third kappa shape index (κ3) is 2.65. The summed E-state index contributed by atoms with van der Waals surface area (Å²) in [5.74, 6) is 1.71. The number of amides is 2. The van der Waals surface area contributed by atoms with Gasteiger partial charge in [0, 0.05) is 30.3 Å². The Bertz CT molecular complexity index is 831. The SMILES string of the molecule is CC(C)c1ccc(N2C[C@]34C=C[C@H](O3)[C@H](C(=O)N3CCSCC3)[C@H]4C2=O)cc1. The van der Waals surface area contributed by atoms with E-state index >= 15 is 0 Å². The van der Waals surface area contributed by atoms with E-state index in [0.717, 1.165) is 30.3 Å². The third-order valence-corrected chi connectivity index (χ3v) is 7.52. The predicted octanol–water partition coefficient (Wildman–Crippen LogP) is 2.67. The molecular weight excluding hydrogens is 372 g/mol. The molecule has 0 N–H and O–H groups in total. The van der Waals surface area contributed by atoms with Crippen LogP contribution >= 0.6 is 11.8 Å². The lowest BCUT2D eigenvalue weighted by Gasteiger charge is -2.32. The van der Waals surface area contributed by atoms with Gasteiger partial charge in [0.15, 0.2) is 0 Å².